The first kappa shape index (κ1) is 14.3. The summed E-state index contributed by atoms with van der Waals surface area (Å²) in [6, 6.07) is 10.5. The molecule has 0 aromatic heterocycles. The molecule has 1 saturated carbocycles. The second-order valence-electron chi connectivity index (χ2n) is 6.37. The van der Waals surface area contributed by atoms with Gasteiger partial charge in [0.1, 0.15) is 0 Å². The molecule has 0 spiro atoms. The molecule has 3 heteroatoms. The van der Waals surface area contributed by atoms with Crippen LogP contribution in [0, 0.1) is 0 Å². The zero-order valence-corrected chi connectivity index (χ0v) is 12.6. The average molecular weight is 284 g/mol. The molecule has 1 atom stereocenters. The quantitative estimate of drug-likeness (QED) is 0.814. The van der Waals surface area contributed by atoms with Crippen LogP contribution >= 0.6 is 0 Å². The zero-order valence-electron chi connectivity index (χ0n) is 12.6. The Labute approximate surface area is 127 Å². The number of nitrogens with one attached hydrogen (secondary N) is 1. The summed E-state index contributed by atoms with van der Waals surface area (Å²) in [7, 11) is 0. The number of carbonyl (C=O) groups excluding carboxylic acids is 1. The van der Waals surface area contributed by atoms with Crippen LogP contribution in [0.15, 0.2) is 43.0 Å². The third kappa shape index (κ3) is 3.35. The van der Waals surface area contributed by atoms with Gasteiger partial charge in [0.05, 0.1) is 6.04 Å². The van der Waals surface area contributed by atoms with Crippen molar-refractivity contribution in [3.05, 3.63) is 48.6 Å². The summed E-state index contributed by atoms with van der Waals surface area (Å²) in [5, 5.41) is 3.33. The highest BCUT2D eigenvalue weighted by Gasteiger charge is 2.45. The van der Waals surface area contributed by atoms with E-state index in [9.17, 15) is 4.79 Å². The maximum Gasteiger partial charge on any atom is 0.237 e. The molecule has 3 rings (SSSR count). The molecule has 1 amide bonds. The normalized spacial score (nSPS) is 23.7. The van der Waals surface area contributed by atoms with Crippen LogP contribution in [0.2, 0.25) is 0 Å². The van der Waals surface area contributed by atoms with E-state index in [1.807, 2.05) is 12.1 Å². The lowest BCUT2D eigenvalue weighted by Gasteiger charge is -2.25. The Bertz CT molecular complexity index is 507. The summed E-state index contributed by atoms with van der Waals surface area (Å²) >= 11 is 0. The van der Waals surface area contributed by atoms with Gasteiger partial charge in [-0.1, -0.05) is 36.4 Å². The van der Waals surface area contributed by atoms with Gasteiger partial charge < -0.3 is 5.32 Å². The Morgan fingerprint density at radius 2 is 2.14 bits per heavy atom. The number of likely N-dealkylation sites (tertiary alicyclic amines) is 1. The van der Waals surface area contributed by atoms with Gasteiger partial charge in [-0.3, -0.25) is 9.69 Å². The summed E-state index contributed by atoms with van der Waals surface area (Å²) in [5.41, 5.74) is 1.32. The highest BCUT2D eigenvalue weighted by atomic mass is 16.2. The summed E-state index contributed by atoms with van der Waals surface area (Å²) in [5.74, 6) is 0.211. The van der Waals surface area contributed by atoms with Crippen LogP contribution in [0.1, 0.15) is 31.2 Å². The molecule has 0 bridgehead atoms. The lowest BCUT2D eigenvalue weighted by atomic mass is 10.0. The molecule has 1 aliphatic carbocycles. The monoisotopic (exact) mass is 284 g/mol. The third-order valence-electron chi connectivity index (χ3n) is 4.66. The fraction of sp³-hybridized carbons (Fsp3) is 0.500. The Kier molecular flexibility index (Phi) is 4.11. The SMILES string of the molecule is C=CCN1CCC[C@H]1C(=O)NC1(Cc2ccccc2)CC1. The number of rotatable bonds is 6. The standard InChI is InChI=1S/C18H24N2O/c1-2-12-20-13-6-9-16(20)17(21)19-18(10-11-18)14-15-7-4-3-5-8-15/h2-5,7-8,16H,1,6,9-14H2,(H,19,21)/t16-/m0/s1. The Morgan fingerprint density at radius 1 is 1.38 bits per heavy atom. The van der Waals surface area contributed by atoms with Crippen molar-refractivity contribution >= 4 is 5.91 Å². The van der Waals surface area contributed by atoms with Gasteiger partial charge in [0.25, 0.3) is 0 Å². The molecule has 21 heavy (non-hydrogen) atoms. The van der Waals surface area contributed by atoms with Crippen LogP contribution in [0.3, 0.4) is 0 Å². The van der Waals surface area contributed by atoms with Crippen LogP contribution in [-0.4, -0.2) is 35.5 Å². The van der Waals surface area contributed by atoms with Crippen LogP contribution in [-0.2, 0) is 11.2 Å². The molecule has 0 radical (unpaired) electrons. The van der Waals surface area contributed by atoms with Gasteiger partial charge in [0.15, 0.2) is 0 Å². The molecule has 0 unspecified atom stereocenters. The molecule has 2 fully saturated rings. The second kappa shape index (κ2) is 6.02. The summed E-state index contributed by atoms with van der Waals surface area (Å²) in [4.78, 5) is 14.8. The van der Waals surface area contributed by atoms with Crippen molar-refractivity contribution < 1.29 is 4.79 Å². The average Bonchev–Trinajstić information content (AvgIpc) is 3.06. The fourth-order valence-electron chi connectivity index (χ4n) is 3.34. The van der Waals surface area contributed by atoms with Gasteiger partial charge in [0, 0.05) is 12.1 Å². The van der Waals surface area contributed by atoms with Crippen molar-refractivity contribution in [3.63, 3.8) is 0 Å². The lowest BCUT2D eigenvalue weighted by Crippen LogP contribution is -2.48. The molecule has 1 aliphatic heterocycles. The molecule has 3 nitrogen and oxygen atoms in total. The van der Waals surface area contributed by atoms with Crippen molar-refractivity contribution in [2.75, 3.05) is 13.1 Å². The number of amides is 1. The summed E-state index contributed by atoms with van der Waals surface area (Å²) in [6.45, 7) is 5.61. The minimum Gasteiger partial charge on any atom is -0.349 e. The summed E-state index contributed by atoms with van der Waals surface area (Å²) in [6.07, 6.45) is 7.12. The van der Waals surface area contributed by atoms with E-state index >= 15 is 0 Å². The maximum atomic E-state index is 12.6. The van der Waals surface area contributed by atoms with Crippen molar-refractivity contribution in [2.24, 2.45) is 0 Å². The third-order valence-corrected chi connectivity index (χ3v) is 4.66. The number of nitrogens with zero attached hydrogens (tertiary/aromatic N) is 1. The van der Waals surface area contributed by atoms with E-state index in [1.54, 1.807) is 0 Å². The van der Waals surface area contributed by atoms with Crippen molar-refractivity contribution in [1.82, 2.24) is 10.2 Å². The van der Waals surface area contributed by atoms with E-state index in [0.717, 1.165) is 45.2 Å². The Morgan fingerprint density at radius 3 is 2.81 bits per heavy atom. The predicted octanol–water partition coefficient (Wildman–Crippen LogP) is 2.53. The van der Waals surface area contributed by atoms with Crippen LogP contribution < -0.4 is 5.32 Å². The van der Waals surface area contributed by atoms with E-state index < -0.39 is 0 Å². The number of benzene rings is 1. The van der Waals surface area contributed by atoms with E-state index in [-0.39, 0.29) is 17.5 Å². The number of hydrogen-bond donors (Lipinski definition) is 1. The molecule has 1 aromatic carbocycles. The number of hydrogen-bond acceptors (Lipinski definition) is 2. The minimum absolute atomic E-state index is 0.0148. The number of carbonyl (C=O) groups is 1. The van der Waals surface area contributed by atoms with Crippen molar-refractivity contribution in [1.29, 1.82) is 0 Å². The molecule has 2 aliphatic rings. The van der Waals surface area contributed by atoms with E-state index in [2.05, 4.69) is 41.1 Å². The van der Waals surface area contributed by atoms with Gasteiger partial charge in [-0.05, 0) is 44.2 Å². The minimum atomic E-state index is 0.0148. The lowest BCUT2D eigenvalue weighted by molar-refractivity contribution is -0.126. The predicted molar refractivity (Wildman–Crippen MR) is 85.0 cm³/mol. The second-order valence-corrected chi connectivity index (χ2v) is 6.37. The molecule has 1 heterocycles. The first-order chi connectivity index (χ1) is 10.2. The molecule has 1 aromatic rings. The van der Waals surface area contributed by atoms with Crippen LogP contribution in [0.5, 0.6) is 0 Å². The smallest absolute Gasteiger partial charge is 0.237 e. The topological polar surface area (TPSA) is 32.3 Å². The first-order valence-electron chi connectivity index (χ1n) is 7.93. The van der Waals surface area contributed by atoms with Gasteiger partial charge in [-0.2, -0.15) is 0 Å². The van der Waals surface area contributed by atoms with E-state index in [4.69, 9.17) is 0 Å². The highest BCUT2D eigenvalue weighted by molar-refractivity contribution is 5.83. The molecule has 1 saturated heterocycles. The Hall–Kier alpha value is -1.61. The van der Waals surface area contributed by atoms with Crippen LogP contribution in [0.25, 0.3) is 0 Å². The zero-order chi connectivity index (χ0) is 14.7. The van der Waals surface area contributed by atoms with E-state index in [0.29, 0.717) is 0 Å². The van der Waals surface area contributed by atoms with Crippen molar-refractivity contribution in [2.45, 2.75) is 43.7 Å². The molecule has 1 N–H and O–H groups in total. The maximum absolute atomic E-state index is 12.6. The highest BCUT2D eigenvalue weighted by Crippen LogP contribution is 2.39. The van der Waals surface area contributed by atoms with Gasteiger partial charge in [-0.15, -0.1) is 6.58 Å². The van der Waals surface area contributed by atoms with E-state index in [1.165, 1.54) is 5.56 Å². The largest absolute Gasteiger partial charge is 0.349 e. The summed E-state index contributed by atoms with van der Waals surface area (Å²) < 4.78 is 0. The van der Waals surface area contributed by atoms with Crippen molar-refractivity contribution in [3.8, 4) is 0 Å². The first-order valence-corrected chi connectivity index (χ1v) is 7.93. The van der Waals surface area contributed by atoms with Gasteiger partial charge >= 0.3 is 0 Å². The molecule has 112 valence electrons. The van der Waals surface area contributed by atoms with Gasteiger partial charge in [0.2, 0.25) is 5.91 Å². The molecular weight excluding hydrogens is 260 g/mol. The Balaban J connectivity index is 1.60. The van der Waals surface area contributed by atoms with Crippen LogP contribution in [0.4, 0.5) is 0 Å². The van der Waals surface area contributed by atoms with Gasteiger partial charge in [-0.25, -0.2) is 0 Å². The fourth-order valence-corrected chi connectivity index (χ4v) is 3.34. The molecular formula is C18H24N2O.